The van der Waals surface area contributed by atoms with E-state index in [4.69, 9.17) is 16.3 Å². The van der Waals surface area contributed by atoms with Gasteiger partial charge in [-0.3, -0.25) is 4.79 Å². The maximum absolute atomic E-state index is 13.1. The molecule has 1 aromatic carbocycles. The summed E-state index contributed by atoms with van der Waals surface area (Å²) in [6.07, 6.45) is 4.61. The Labute approximate surface area is 151 Å². The highest BCUT2D eigenvalue weighted by Gasteiger charge is 2.22. The van der Waals surface area contributed by atoms with Gasteiger partial charge in [-0.1, -0.05) is 11.6 Å². The van der Waals surface area contributed by atoms with Crippen LogP contribution in [0.5, 0.6) is 5.88 Å². The Morgan fingerprint density at radius 1 is 1.36 bits per heavy atom. The molecule has 0 unspecified atom stereocenters. The number of hydrogen-bond donors (Lipinski definition) is 1. The molecule has 1 aliphatic carbocycles. The summed E-state index contributed by atoms with van der Waals surface area (Å²) in [5, 5.41) is 3.48. The Kier molecular flexibility index (Phi) is 4.27. The maximum atomic E-state index is 13.1. The lowest BCUT2D eigenvalue weighted by Crippen LogP contribution is -2.20. The molecule has 1 aliphatic rings. The molecule has 0 fully saturated rings. The summed E-state index contributed by atoms with van der Waals surface area (Å²) in [4.78, 5) is 22.8. The Morgan fingerprint density at radius 3 is 3.08 bits per heavy atom. The normalized spacial score (nSPS) is 13.0. The predicted molar refractivity (Wildman–Crippen MR) is 95.0 cm³/mol. The van der Waals surface area contributed by atoms with Crippen LogP contribution in [0.2, 0.25) is 5.02 Å². The van der Waals surface area contributed by atoms with Crippen LogP contribution in [-0.2, 0) is 17.6 Å². The van der Waals surface area contributed by atoms with Gasteiger partial charge in [0.2, 0.25) is 5.88 Å². The highest BCUT2D eigenvalue weighted by atomic mass is 35.5. The number of thiophene rings is 1. The van der Waals surface area contributed by atoms with Crippen LogP contribution in [0.25, 0.3) is 10.2 Å². The van der Waals surface area contributed by atoms with E-state index < -0.39 is 5.82 Å². The topological polar surface area (TPSA) is 64.1 Å². The summed E-state index contributed by atoms with van der Waals surface area (Å²) < 4.78 is 18.8. The molecule has 0 bridgehead atoms. The molecule has 25 heavy (non-hydrogen) atoms. The summed E-state index contributed by atoms with van der Waals surface area (Å²) in [6.45, 7) is -0.203. The van der Waals surface area contributed by atoms with Gasteiger partial charge in [-0.25, -0.2) is 14.4 Å². The molecule has 0 atom stereocenters. The zero-order valence-electron chi connectivity index (χ0n) is 13.0. The average molecular weight is 378 g/mol. The van der Waals surface area contributed by atoms with Gasteiger partial charge in [0.1, 0.15) is 17.0 Å². The number of benzene rings is 1. The molecular weight excluding hydrogens is 365 g/mol. The minimum atomic E-state index is -0.536. The van der Waals surface area contributed by atoms with Crippen molar-refractivity contribution >= 4 is 44.7 Å². The number of aromatic nitrogens is 2. The van der Waals surface area contributed by atoms with Crippen LogP contribution >= 0.6 is 22.9 Å². The number of ether oxygens (including phenoxy) is 1. The molecule has 1 N–H and O–H groups in total. The summed E-state index contributed by atoms with van der Waals surface area (Å²) in [5.41, 5.74) is 1.64. The van der Waals surface area contributed by atoms with E-state index in [0.29, 0.717) is 11.6 Å². The van der Waals surface area contributed by atoms with Crippen molar-refractivity contribution in [3.8, 4) is 5.88 Å². The van der Waals surface area contributed by atoms with Crippen molar-refractivity contribution in [1.82, 2.24) is 9.97 Å². The maximum Gasteiger partial charge on any atom is 0.262 e. The molecule has 8 heteroatoms. The number of nitrogens with zero attached hydrogens (tertiary/aromatic N) is 2. The van der Waals surface area contributed by atoms with Gasteiger partial charge in [-0.2, -0.15) is 0 Å². The lowest BCUT2D eigenvalue weighted by Gasteiger charge is -2.08. The number of rotatable bonds is 4. The second kappa shape index (κ2) is 6.57. The SMILES string of the molecule is O=C(COc1ncnc2sc3c(c12)CCC3)Nc1ccc(F)c(Cl)c1. The number of fused-ring (bicyclic) bond motifs is 3. The fourth-order valence-electron chi connectivity index (χ4n) is 2.91. The van der Waals surface area contributed by atoms with Crippen LogP contribution in [0, 0.1) is 5.82 Å². The zero-order valence-corrected chi connectivity index (χ0v) is 14.6. The smallest absolute Gasteiger partial charge is 0.262 e. The molecular formula is C17H13ClFN3O2S. The molecule has 128 valence electrons. The van der Waals surface area contributed by atoms with Gasteiger partial charge in [-0.05, 0) is 43.0 Å². The number of anilines is 1. The third-order valence-electron chi connectivity index (χ3n) is 4.01. The zero-order chi connectivity index (χ0) is 17.4. The number of carbonyl (C=O) groups excluding carboxylic acids is 1. The van der Waals surface area contributed by atoms with Crippen molar-refractivity contribution in [3.05, 3.63) is 45.8 Å². The van der Waals surface area contributed by atoms with E-state index in [0.717, 1.165) is 29.5 Å². The molecule has 2 heterocycles. The number of nitrogens with one attached hydrogen (secondary N) is 1. The summed E-state index contributed by atoms with van der Waals surface area (Å²) in [5.74, 6) is -0.483. The monoisotopic (exact) mass is 377 g/mol. The summed E-state index contributed by atoms with van der Waals surface area (Å²) in [7, 11) is 0. The minimum absolute atomic E-state index is 0.0509. The number of carbonyl (C=O) groups is 1. The van der Waals surface area contributed by atoms with Gasteiger partial charge < -0.3 is 10.1 Å². The molecule has 5 nitrogen and oxygen atoms in total. The van der Waals surface area contributed by atoms with Crippen LogP contribution in [0.4, 0.5) is 10.1 Å². The standard InChI is InChI=1S/C17H13ClFN3O2S/c18-11-6-9(4-5-12(11)19)22-14(23)7-24-16-15-10-2-1-3-13(10)25-17(15)21-8-20-16/h4-6,8H,1-3,7H2,(H,22,23). The van der Waals surface area contributed by atoms with E-state index in [1.807, 2.05) is 0 Å². The van der Waals surface area contributed by atoms with Gasteiger partial charge in [0, 0.05) is 10.6 Å². The highest BCUT2D eigenvalue weighted by Crippen LogP contribution is 2.39. The molecule has 2 aromatic heterocycles. The van der Waals surface area contributed by atoms with Crippen molar-refractivity contribution in [2.45, 2.75) is 19.3 Å². The fourth-order valence-corrected chi connectivity index (χ4v) is 4.31. The van der Waals surface area contributed by atoms with Crippen molar-refractivity contribution < 1.29 is 13.9 Å². The first kappa shape index (κ1) is 16.2. The lowest BCUT2D eigenvalue weighted by atomic mass is 10.2. The Bertz CT molecular complexity index is 976. The van der Waals surface area contributed by atoms with E-state index in [-0.39, 0.29) is 17.5 Å². The van der Waals surface area contributed by atoms with Crippen molar-refractivity contribution in [2.75, 3.05) is 11.9 Å². The third kappa shape index (κ3) is 3.17. The van der Waals surface area contributed by atoms with Crippen molar-refractivity contribution in [2.24, 2.45) is 0 Å². The number of aryl methyl sites for hydroxylation is 2. The van der Waals surface area contributed by atoms with E-state index in [9.17, 15) is 9.18 Å². The molecule has 0 radical (unpaired) electrons. The third-order valence-corrected chi connectivity index (χ3v) is 5.50. The van der Waals surface area contributed by atoms with E-state index in [1.165, 1.54) is 35.0 Å². The molecule has 0 saturated carbocycles. The second-order valence-corrected chi connectivity index (χ2v) is 7.17. The number of halogens is 2. The quantitative estimate of drug-likeness (QED) is 0.746. The first-order valence-corrected chi connectivity index (χ1v) is 8.94. The predicted octanol–water partition coefficient (Wildman–Crippen LogP) is 3.99. The lowest BCUT2D eigenvalue weighted by molar-refractivity contribution is -0.118. The highest BCUT2D eigenvalue weighted by molar-refractivity contribution is 7.18. The number of hydrogen-bond acceptors (Lipinski definition) is 5. The van der Waals surface area contributed by atoms with Crippen LogP contribution in [-0.4, -0.2) is 22.5 Å². The summed E-state index contributed by atoms with van der Waals surface area (Å²) >= 11 is 7.36. The minimum Gasteiger partial charge on any atom is -0.467 e. The molecule has 1 amide bonds. The van der Waals surface area contributed by atoms with Crippen LogP contribution in [0.1, 0.15) is 16.9 Å². The molecule has 4 rings (SSSR count). The Morgan fingerprint density at radius 2 is 2.24 bits per heavy atom. The van der Waals surface area contributed by atoms with Gasteiger partial charge in [0.15, 0.2) is 6.61 Å². The van der Waals surface area contributed by atoms with E-state index >= 15 is 0 Å². The van der Waals surface area contributed by atoms with Crippen LogP contribution < -0.4 is 10.1 Å². The van der Waals surface area contributed by atoms with Gasteiger partial charge in [0.05, 0.1) is 10.4 Å². The average Bonchev–Trinajstić information content (AvgIpc) is 3.17. The Balaban J connectivity index is 1.48. The number of amides is 1. The first-order valence-electron chi connectivity index (χ1n) is 7.75. The van der Waals surface area contributed by atoms with E-state index in [2.05, 4.69) is 15.3 Å². The largest absolute Gasteiger partial charge is 0.467 e. The van der Waals surface area contributed by atoms with Gasteiger partial charge in [0.25, 0.3) is 5.91 Å². The van der Waals surface area contributed by atoms with Crippen molar-refractivity contribution in [3.63, 3.8) is 0 Å². The van der Waals surface area contributed by atoms with Gasteiger partial charge in [-0.15, -0.1) is 11.3 Å². The first-order chi connectivity index (χ1) is 12.1. The Hall–Kier alpha value is -2.25. The van der Waals surface area contributed by atoms with E-state index in [1.54, 1.807) is 11.3 Å². The molecule has 3 aromatic rings. The second-order valence-electron chi connectivity index (χ2n) is 5.68. The van der Waals surface area contributed by atoms with Crippen molar-refractivity contribution in [1.29, 1.82) is 0 Å². The molecule has 0 saturated heterocycles. The molecule has 0 aliphatic heterocycles. The fraction of sp³-hybridized carbons (Fsp3) is 0.235. The summed E-state index contributed by atoms with van der Waals surface area (Å²) in [6, 6.07) is 3.98. The van der Waals surface area contributed by atoms with Gasteiger partial charge >= 0.3 is 0 Å². The van der Waals surface area contributed by atoms with Crippen LogP contribution in [0.15, 0.2) is 24.5 Å². The molecule has 0 spiro atoms. The van der Waals surface area contributed by atoms with Crippen LogP contribution in [0.3, 0.4) is 0 Å².